The summed E-state index contributed by atoms with van der Waals surface area (Å²) in [5.74, 6) is 4.62. The summed E-state index contributed by atoms with van der Waals surface area (Å²) in [6.07, 6.45) is -0.0440. The molecule has 7 nitrogen and oxygen atoms in total. The largest absolute Gasteiger partial charge is 0.481 e. The van der Waals surface area contributed by atoms with Gasteiger partial charge in [-0.15, -0.1) is 5.92 Å². The highest BCUT2D eigenvalue weighted by molar-refractivity contribution is 7.89. The summed E-state index contributed by atoms with van der Waals surface area (Å²) in [6, 6.07) is 9.58. The summed E-state index contributed by atoms with van der Waals surface area (Å²) in [5.41, 5.74) is 2.24. The zero-order valence-corrected chi connectivity index (χ0v) is 18.5. The fraction of sp³-hybridized carbons (Fsp3) is 0.227. The first-order chi connectivity index (χ1) is 14.7. The number of sulfonamides is 1. The van der Waals surface area contributed by atoms with Crippen molar-refractivity contribution in [1.29, 1.82) is 0 Å². The molecule has 0 spiro atoms. The Hall–Kier alpha value is -2.99. The maximum atomic E-state index is 12.8. The molecule has 1 unspecified atom stereocenters. The standard InChI is InChI=1S/C22H21ClN2O5S/c1-3-4-11-30-16-6-8-17(9-7-16)31(28,29)25-21(22(26)27)13-18-14(2)24-20-10-5-15(23)12-19(18)20/h5-10,12,21,24-25H,11,13H2,1-2H3,(H,26,27). The number of aryl methyl sites for hydroxylation is 1. The number of ether oxygens (including phenoxy) is 1. The van der Waals surface area contributed by atoms with Crippen molar-refractivity contribution in [3.8, 4) is 17.6 Å². The van der Waals surface area contributed by atoms with E-state index in [-0.39, 0.29) is 17.9 Å². The Morgan fingerprint density at radius 1 is 1.26 bits per heavy atom. The Labute approximate surface area is 185 Å². The first kappa shape index (κ1) is 22.7. The molecule has 3 rings (SSSR count). The van der Waals surface area contributed by atoms with E-state index in [1.54, 1.807) is 32.0 Å². The van der Waals surface area contributed by atoms with Crippen molar-refractivity contribution in [1.82, 2.24) is 9.71 Å². The van der Waals surface area contributed by atoms with Gasteiger partial charge in [0.2, 0.25) is 10.0 Å². The first-order valence-electron chi connectivity index (χ1n) is 9.35. The Bertz CT molecular complexity index is 1270. The lowest BCUT2D eigenvalue weighted by Crippen LogP contribution is -2.42. The molecule has 0 aliphatic rings. The van der Waals surface area contributed by atoms with Crippen molar-refractivity contribution in [3.63, 3.8) is 0 Å². The van der Waals surface area contributed by atoms with Crippen molar-refractivity contribution in [2.45, 2.75) is 31.2 Å². The molecule has 9 heteroatoms. The van der Waals surface area contributed by atoms with Gasteiger partial charge in [-0.1, -0.05) is 17.5 Å². The van der Waals surface area contributed by atoms with Crippen molar-refractivity contribution in [2.75, 3.05) is 6.61 Å². The van der Waals surface area contributed by atoms with Gasteiger partial charge in [0.1, 0.15) is 18.4 Å². The minimum atomic E-state index is -4.07. The number of fused-ring (bicyclic) bond motifs is 1. The SMILES string of the molecule is CC#CCOc1ccc(S(=O)(=O)NC(Cc2c(C)[nH]c3ccc(Cl)cc23)C(=O)O)cc1. The van der Waals surface area contributed by atoms with E-state index < -0.39 is 22.0 Å². The minimum Gasteiger partial charge on any atom is -0.481 e. The highest BCUT2D eigenvalue weighted by Crippen LogP contribution is 2.27. The maximum absolute atomic E-state index is 12.8. The maximum Gasteiger partial charge on any atom is 0.322 e. The van der Waals surface area contributed by atoms with E-state index in [4.69, 9.17) is 16.3 Å². The first-order valence-corrected chi connectivity index (χ1v) is 11.2. The van der Waals surface area contributed by atoms with Crippen LogP contribution < -0.4 is 9.46 Å². The molecular weight excluding hydrogens is 440 g/mol. The van der Waals surface area contributed by atoms with Gasteiger partial charge in [0, 0.05) is 28.0 Å². The second-order valence-corrected chi connectivity index (χ2v) is 8.97. The molecule has 1 atom stereocenters. The summed E-state index contributed by atoms with van der Waals surface area (Å²) in [5, 5.41) is 10.9. The summed E-state index contributed by atoms with van der Waals surface area (Å²) in [6.45, 7) is 3.68. The van der Waals surface area contributed by atoms with Gasteiger partial charge in [-0.2, -0.15) is 4.72 Å². The number of aromatic amines is 1. The number of H-pyrrole nitrogens is 1. The predicted molar refractivity (Wildman–Crippen MR) is 119 cm³/mol. The molecule has 31 heavy (non-hydrogen) atoms. The van der Waals surface area contributed by atoms with Crippen LogP contribution in [-0.4, -0.2) is 37.1 Å². The molecule has 3 aromatic rings. The van der Waals surface area contributed by atoms with Gasteiger partial charge in [-0.25, -0.2) is 8.42 Å². The van der Waals surface area contributed by atoms with Gasteiger partial charge < -0.3 is 14.8 Å². The van der Waals surface area contributed by atoms with Gasteiger partial charge in [-0.05, 0) is 61.9 Å². The monoisotopic (exact) mass is 460 g/mol. The van der Waals surface area contributed by atoms with Crippen LogP contribution >= 0.6 is 11.6 Å². The van der Waals surface area contributed by atoms with Crippen LogP contribution in [0.3, 0.4) is 0 Å². The molecule has 0 aliphatic carbocycles. The molecule has 0 amide bonds. The van der Waals surface area contributed by atoms with E-state index in [9.17, 15) is 18.3 Å². The molecule has 0 bridgehead atoms. The third-order valence-corrected chi connectivity index (χ3v) is 6.43. The number of benzene rings is 2. The minimum absolute atomic E-state index is 0.0440. The van der Waals surface area contributed by atoms with E-state index in [2.05, 4.69) is 21.5 Å². The number of aromatic nitrogens is 1. The van der Waals surface area contributed by atoms with Crippen LogP contribution in [-0.2, 0) is 21.2 Å². The summed E-state index contributed by atoms with van der Waals surface area (Å²) in [7, 11) is -4.07. The molecule has 2 aromatic carbocycles. The lowest BCUT2D eigenvalue weighted by Gasteiger charge is -2.15. The average molecular weight is 461 g/mol. The van der Waals surface area contributed by atoms with Gasteiger partial charge in [0.15, 0.2) is 0 Å². The lowest BCUT2D eigenvalue weighted by molar-refractivity contribution is -0.138. The van der Waals surface area contributed by atoms with E-state index in [1.807, 2.05) is 0 Å². The normalized spacial score (nSPS) is 12.2. The fourth-order valence-electron chi connectivity index (χ4n) is 3.16. The Morgan fingerprint density at radius 3 is 2.61 bits per heavy atom. The Morgan fingerprint density at radius 2 is 1.97 bits per heavy atom. The molecule has 162 valence electrons. The van der Waals surface area contributed by atoms with Crippen LogP contribution in [0.5, 0.6) is 5.75 Å². The molecule has 1 heterocycles. The van der Waals surface area contributed by atoms with E-state index in [1.165, 1.54) is 24.3 Å². The molecule has 0 radical (unpaired) electrons. The summed E-state index contributed by atoms with van der Waals surface area (Å²) >= 11 is 6.08. The molecule has 3 N–H and O–H groups in total. The van der Waals surface area contributed by atoms with Crippen LogP contribution in [0, 0.1) is 18.8 Å². The predicted octanol–water partition coefficient (Wildman–Crippen LogP) is 3.51. The van der Waals surface area contributed by atoms with Crippen LogP contribution in [0.15, 0.2) is 47.4 Å². The number of aliphatic carboxylic acids is 1. The second kappa shape index (κ2) is 9.43. The van der Waals surface area contributed by atoms with Crippen molar-refractivity contribution in [2.24, 2.45) is 0 Å². The smallest absolute Gasteiger partial charge is 0.322 e. The van der Waals surface area contributed by atoms with Crippen LogP contribution in [0.1, 0.15) is 18.2 Å². The number of carboxylic acid groups (broad SMARTS) is 1. The molecule has 0 saturated heterocycles. The number of hydrogen-bond acceptors (Lipinski definition) is 4. The summed E-state index contributed by atoms with van der Waals surface area (Å²) < 4.78 is 33.2. The summed E-state index contributed by atoms with van der Waals surface area (Å²) in [4.78, 5) is 15.0. The topological polar surface area (TPSA) is 108 Å². The number of hydrogen-bond donors (Lipinski definition) is 3. The third kappa shape index (κ3) is 5.39. The lowest BCUT2D eigenvalue weighted by atomic mass is 10.0. The molecule has 0 aliphatic heterocycles. The molecular formula is C22H21ClN2O5S. The van der Waals surface area contributed by atoms with Gasteiger partial charge >= 0.3 is 5.97 Å². The number of nitrogens with one attached hydrogen (secondary N) is 2. The van der Waals surface area contributed by atoms with Crippen LogP contribution in [0.2, 0.25) is 5.02 Å². The van der Waals surface area contributed by atoms with Crippen LogP contribution in [0.4, 0.5) is 0 Å². The third-order valence-electron chi connectivity index (χ3n) is 4.71. The molecule has 0 fully saturated rings. The van der Waals surface area contributed by atoms with E-state index >= 15 is 0 Å². The Balaban J connectivity index is 1.83. The van der Waals surface area contributed by atoms with Gasteiger partial charge in [0.25, 0.3) is 0 Å². The number of halogens is 1. The van der Waals surface area contributed by atoms with Crippen LogP contribution in [0.25, 0.3) is 10.9 Å². The van der Waals surface area contributed by atoms with Crippen molar-refractivity contribution >= 4 is 38.5 Å². The highest BCUT2D eigenvalue weighted by Gasteiger charge is 2.27. The molecule has 1 aromatic heterocycles. The number of rotatable bonds is 8. The Kier molecular flexibility index (Phi) is 6.91. The van der Waals surface area contributed by atoms with Gasteiger partial charge in [-0.3, -0.25) is 4.79 Å². The average Bonchev–Trinajstić information content (AvgIpc) is 3.02. The molecule has 0 saturated carbocycles. The number of carboxylic acids is 1. The number of carbonyl (C=O) groups is 1. The van der Waals surface area contributed by atoms with Crippen molar-refractivity contribution < 1.29 is 23.1 Å². The van der Waals surface area contributed by atoms with E-state index in [0.29, 0.717) is 16.3 Å². The second-order valence-electron chi connectivity index (χ2n) is 6.82. The van der Waals surface area contributed by atoms with E-state index in [0.717, 1.165) is 16.6 Å². The zero-order valence-electron chi connectivity index (χ0n) is 16.9. The van der Waals surface area contributed by atoms with Gasteiger partial charge in [0.05, 0.1) is 4.90 Å². The highest BCUT2D eigenvalue weighted by atomic mass is 35.5. The fourth-order valence-corrected chi connectivity index (χ4v) is 4.52. The zero-order chi connectivity index (χ0) is 22.6. The van der Waals surface area contributed by atoms with Crippen molar-refractivity contribution in [3.05, 3.63) is 58.7 Å². The quantitative estimate of drug-likeness (QED) is 0.446.